The van der Waals surface area contributed by atoms with Crippen LogP contribution in [0.4, 0.5) is 0 Å². The minimum atomic E-state index is -1.67. The fourth-order valence-corrected chi connectivity index (χ4v) is 5.55. The smallest absolute Gasteiger partial charge is 0.239 e. The fraction of sp³-hybridized carbons (Fsp3) is 0.485. The number of fused-ring (bicyclic) bond motifs is 1. The summed E-state index contributed by atoms with van der Waals surface area (Å²) in [6, 6.07) is 8.17. The number of hydrogen-bond acceptors (Lipinski definition) is 11. The Morgan fingerprint density at radius 1 is 1.07 bits per heavy atom. The molecule has 0 aliphatic carbocycles. The van der Waals surface area contributed by atoms with Gasteiger partial charge >= 0.3 is 0 Å². The van der Waals surface area contributed by atoms with E-state index < -0.39 is 36.1 Å². The van der Waals surface area contributed by atoms with Gasteiger partial charge in [-0.05, 0) is 77.4 Å². The predicted octanol–water partition coefficient (Wildman–Crippen LogP) is 3.36. The summed E-state index contributed by atoms with van der Waals surface area (Å²) in [6.07, 6.45) is -2.35. The highest BCUT2D eigenvalue weighted by molar-refractivity contribution is 5.91. The average Bonchev–Trinajstić information content (AvgIpc) is 3.53. The van der Waals surface area contributed by atoms with E-state index in [-0.39, 0.29) is 28.2 Å². The molecule has 0 amide bonds. The highest BCUT2D eigenvalue weighted by Gasteiger charge is 2.44. The van der Waals surface area contributed by atoms with Crippen LogP contribution in [-0.2, 0) is 11.2 Å². The van der Waals surface area contributed by atoms with Crippen LogP contribution >= 0.6 is 0 Å². The second-order valence-corrected chi connectivity index (χ2v) is 11.6. The van der Waals surface area contributed by atoms with Gasteiger partial charge in [-0.15, -0.1) is 0 Å². The topological polar surface area (TPSA) is 151 Å². The Labute approximate surface area is 255 Å². The van der Waals surface area contributed by atoms with Crippen molar-refractivity contribution in [3.8, 4) is 34.3 Å². The highest BCUT2D eigenvalue weighted by Crippen LogP contribution is 2.41. The molecule has 2 fully saturated rings. The number of benzene rings is 2. The number of nitrogens with zero attached hydrogens (tertiary/aromatic N) is 1. The Morgan fingerprint density at radius 2 is 1.77 bits per heavy atom. The Morgan fingerprint density at radius 3 is 2.43 bits per heavy atom. The quantitative estimate of drug-likeness (QED) is 0.250. The van der Waals surface area contributed by atoms with Crippen LogP contribution in [0.5, 0.6) is 23.0 Å². The predicted molar refractivity (Wildman–Crippen MR) is 163 cm³/mol. The number of phenols is 1. The summed E-state index contributed by atoms with van der Waals surface area (Å²) in [5, 5.41) is 42.2. The van der Waals surface area contributed by atoms with Crippen molar-refractivity contribution in [3.05, 3.63) is 57.8 Å². The number of phenolic OH excluding ortho intramolecular Hbond substituents is 1. The van der Waals surface area contributed by atoms with Crippen LogP contribution in [-0.4, -0.2) is 89.4 Å². The van der Waals surface area contributed by atoms with Crippen LogP contribution in [0.15, 0.2) is 51.2 Å². The molecule has 2 saturated heterocycles. The zero-order chi connectivity index (χ0) is 31.5. The van der Waals surface area contributed by atoms with Crippen molar-refractivity contribution in [3.63, 3.8) is 0 Å². The van der Waals surface area contributed by atoms with Gasteiger partial charge in [-0.1, -0.05) is 11.6 Å². The summed E-state index contributed by atoms with van der Waals surface area (Å²) < 4.78 is 29.5. The van der Waals surface area contributed by atoms with Crippen LogP contribution < -0.4 is 19.6 Å². The minimum absolute atomic E-state index is 0.0151. The zero-order valence-electron chi connectivity index (χ0n) is 25.5. The van der Waals surface area contributed by atoms with E-state index in [2.05, 4.69) is 4.90 Å². The van der Waals surface area contributed by atoms with Gasteiger partial charge in [-0.3, -0.25) is 9.69 Å². The van der Waals surface area contributed by atoms with Gasteiger partial charge in [0.05, 0.1) is 13.2 Å². The van der Waals surface area contributed by atoms with Crippen molar-refractivity contribution >= 4 is 11.0 Å². The van der Waals surface area contributed by atoms with E-state index in [0.29, 0.717) is 35.7 Å². The lowest BCUT2D eigenvalue weighted by Gasteiger charge is -2.38. The van der Waals surface area contributed by atoms with E-state index >= 15 is 0 Å². The maximum atomic E-state index is 14.2. The van der Waals surface area contributed by atoms with E-state index in [4.69, 9.17) is 23.4 Å². The van der Waals surface area contributed by atoms with Crippen LogP contribution in [0.1, 0.15) is 39.2 Å². The molecule has 2 aromatic carbocycles. The number of likely N-dealkylation sites (tertiary alicyclic amines) is 1. The van der Waals surface area contributed by atoms with E-state index in [0.717, 1.165) is 38.0 Å². The van der Waals surface area contributed by atoms with Crippen LogP contribution in [0.3, 0.4) is 0 Å². The van der Waals surface area contributed by atoms with Gasteiger partial charge in [0.25, 0.3) is 0 Å². The number of hydrogen-bond donors (Lipinski definition) is 4. The van der Waals surface area contributed by atoms with Crippen molar-refractivity contribution in [2.24, 2.45) is 0 Å². The molecular formula is C33H41NO10. The van der Waals surface area contributed by atoms with E-state index in [1.807, 2.05) is 19.9 Å². The molecule has 0 radical (unpaired) electrons. The molecule has 3 aromatic rings. The number of ether oxygens (including phenoxy) is 4. The molecule has 2 aliphatic rings. The van der Waals surface area contributed by atoms with Crippen molar-refractivity contribution in [1.82, 2.24) is 4.90 Å². The lowest BCUT2D eigenvalue weighted by atomic mass is 10.00. The van der Waals surface area contributed by atoms with Gasteiger partial charge in [0, 0.05) is 23.7 Å². The van der Waals surface area contributed by atoms with Crippen LogP contribution in [0.2, 0.25) is 0 Å². The Balaban J connectivity index is 1.66. The molecule has 2 aliphatic heterocycles. The molecule has 1 aromatic heterocycles. The number of allylic oxidation sites excluding steroid dienone is 2. The number of aromatic hydroxyl groups is 1. The molecule has 44 heavy (non-hydrogen) atoms. The molecular weight excluding hydrogens is 570 g/mol. The second kappa shape index (κ2) is 13.6. The molecule has 4 N–H and O–H groups in total. The standard InChI is InChI=1S/C33H41NO10/c1-18(2)7-12-22-24(41-16-15-34-13-5-6-14-34)17-23(35)25-27(37)32(44-33-29(39)28(38)26(36)19(3)42-33)30(43-31(22)25)20-8-10-21(40-4)11-9-20/h7-11,17,19,26,28-29,33,35-36,38-39H,5-6,12-16H2,1-4H3/t19-,26-,28+,29+,33-/m1/s1. The molecule has 0 unspecified atom stereocenters. The lowest BCUT2D eigenvalue weighted by molar-refractivity contribution is -0.268. The normalized spacial score (nSPS) is 23.9. The Hall–Kier alpha value is -3.61. The first-order chi connectivity index (χ1) is 21.1. The van der Waals surface area contributed by atoms with Gasteiger partial charge in [-0.2, -0.15) is 0 Å². The molecule has 0 spiro atoms. The van der Waals surface area contributed by atoms with E-state index in [1.54, 1.807) is 24.3 Å². The molecule has 5 rings (SSSR count). The summed E-state index contributed by atoms with van der Waals surface area (Å²) in [4.78, 5) is 16.5. The number of aliphatic hydroxyl groups is 3. The third kappa shape index (κ3) is 6.57. The largest absolute Gasteiger partial charge is 0.507 e. The van der Waals surface area contributed by atoms with Gasteiger partial charge < -0.3 is 43.8 Å². The van der Waals surface area contributed by atoms with Crippen LogP contribution in [0, 0.1) is 0 Å². The monoisotopic (exact) mass is 611 g/mol. The third-order valence-electron chi connectivity index (χ3n) is 8.14. The van der Waals surface area contributed by atoms with E-state index in [1.165, 1.54) is 20.1 Å². The van der Waals surface area contributed by atoms with E-state index in [9.17, 15) is 25.2 Å². The average molecular weight is 612 g/mol. The van der Waals surface area contributed by atoms with Gasteiger partial charge in [0.1, 0.15) is 53.1 Å². The number of aliphatic hydroxyl groups excluding tert-OH is 3. The van der Waals surface area contributed by atoms with Gasteiger partial charge in [-0.25, -0.2) is 0 Å². The SMILES string of the molecule is COc1ccc(-c2oc3c(CC=C(C)C)c(OCCN4CCCC4)cc(O)c3c(=O)c2O[C@H]2O[C@H](C)[C@@H](O)[C@H](O)[C@@H]2O)cc1. The first-order valence-electron chi connectivity index (χ1n) is 14.9. The van der Waals surface area contributed by atoms with Crippen molar-refractivity contribution in [1.29, 1.82) is 0 Å². The third-order valence-corrected chi connectivity index (χ3v) is 8.14. The van der Waals surface area contributed by atoms with Gasteiger partial charge in [0.2, 0.25) is 17.5 Å². The summed E-state index contributed by atoms with van der Waals surface area (Å²) in [5.41, 5.74) is 1.51. The zero-order valence-corrected chi connectivity index (χ0v) is 25.5. The molecule has 0 saturated carbocycles. The Bertz CT molecular complexity index is 1540. The van der Waals surface area contributed by atoms with Crippen molar-refractivity contribution in [2.45, 2.75) is 70.7 Å². The fourth-order valence-electron chi connectivity index (χ4n) is 5.55. The summed E-state index contributed by atoms with van der Waals surface area (Å²) in [7, 11) is 1.53. The molecule has 11 nitrogen and oxygen atoms in total. The number of methoxy groups -OCH3 is 1. The van der Waals surface area contributed by atoms with Crippen molar-refractivity contribution in [2.75, 3.05) is 33.4 Å². The minimum Gasteiger partial charge on any atom is -0.507 e. The first-order valence-corrected chi connectivity index (χ1v) is 14.9. The molecule has 3 heterocycles. The second-order valence-electron chi connectivity index (χ2n) is 11.6. The maximum Gasteiger partial charge on any atom is 0.239 e. The Kier molecular flexibility index (Phi) is 9.81. The molecule has 5 atom stereocenters. The first kappa shape index (κ1) is 31.8. The summed E-state index contributed by atoms with van der Waals surface area (Å²) in [5.74, 6) is 0.300. The molecule has 238 valence electrons. The summed E-state index contributed by atoms with van der Waals surface area (Å²) in [6.45, 7) is 8.61. The lowest BCUT2D eigenvalue weighted by Crippen LogP contribution is -2.58. The number of rotatable bonds is 10. The summed E-state index contributed by atoms with van der Waals surface area (Å²) >= 11 is 0. The molecule has 0 bridgehead atoms. The highest BCUT2D eigenvalue weighted by atomic mass is 16.7. The van der Waals surface area contributed by atoms with Crippen molar-refractivity contribution < 1.29 is 43.8 Å². The van der Waals surface area contributed by atoms with Crippen LogP contribution in [0.25, 0.3) is 22.3 Å². The maximum absolute atomic E-state index is 14.2. The van der Waals surface area contributed by atoms with Gasteiger partial charge in [0.15, 0.2) is 5.76 Å². The molecule has 11 heteroatoms.